The molecule has 198 valence electrons. The summed E-state index contributed by atoms with van der Waals surface area (Å²) >= 11 is 0. The highest BCUT2D eigenvalue weighted by molar-refractivity contribution is 5.84. The van der Waals surface area contributed by atoms with E-state index in [4.69, 9.17) is 4.74 Å². The largest absolute Gasteiger partial charge is 0.489 e. The SMILES string of the molecule is CCCCCCCCCCCCN1C[C@@H](Oc2ccc(CCC(=O)C(F)(F)F)cc2)C[C@H]1C(=O)O. The van der Waals surface area contributed by atoms with Gasteiger partial charge in [0.15, 0.2) is 0 Å². The van der Waals surface area contributed by atoms with Crippen LogP contribution in [0, 0.1) is 0 Å². The van der Waals surface area contributed by atoms with E-state index >= 15 is 0 Å². The first-order valence-electron chi connectivity index (χ1n) is 13.0. The van der Waals surface area contributed by atoms with Gasteiger partial charge < -0.3 is 9.84 Å². The number of carboxylic acid groups (broad SMARTS) is 1. The van der Waals surface area contributed by atoms with Gasteiger partial charge in [-0.05, 0) is 37.1 Å². The van der Waals surface area contributed by atoms with E-state index in [9.17, 15) is 27.9 Å². The molecule has 35 heavy (non-hydrogen) atoms. The summed E-state index contributed by atoms with van der Waals surface area (Å²) < 4.78 is 43.0. The molecule has 1 aliphatic rings. The molecule has 1 aromatic rings. The summed E-state index contributed by atoms with van der Waals surface area (Å²) in [5.74, 6) is -2.02. The molecule has 0 aromatic heterocycles. The highest BCUT2D eigenvalue weighted by atomic mass is 19.4. The van der Waals surface area contributed by atoms with Crippen LogP contribution in [0.2, 0.25) is 0 Å². The zero-order valence-corrected chi connectivity index (χ0v) is 20.8. The Kier molecular flexibility index (Phi) is 12.6. The standard InChI is InChI=1S/C27H40F3NO4/c1-2-3-4-5-6-7-8-9-10-11-18-31-20-23(19-24(31)26(33)34)35-22-15-12-21(13-16-22)14-17-25(32)27(28,29)30/h12-13,15-16,23-24H,2-11,14,17-20H2,1H3,(H,33,34)/t23-,24-/m0/s1. The van der Waals surface area contributed by atoms with E-state index in [1.54, 1.807) is 24.3 Å². The number of aryl methyl sites for hydroxylation is 1. The fourth-order valence-corrected chi connectivity index (χ4v) is 4.58. The van der Waals surface area contributed by atoms with Crippen LogP contribution in [0.15, 0.2) is 24.3 Å². The maximum absolute atomic E-state index is 12.3. The van der Waals surface area contributed by atoms with Gasteiger partial charge >= 0.3 is 12.1 Å². The third kappa shape index (κ3) is 11.0. The van der Waals surface area contributed by atoms with E-state index in [0.717, 1.165) is 19.4 Å². The molecule has 5 nitrogen and oxygen atoms in total. The first-order valence-corrected chi connectivity index (χ1v) is 13.0. The number of carbonyl (C=O) groups excluding carboxylic acids is 1. The maximum Gasteiger partial charge on any atom is 0.449 e. The molecule has 1 heterocycles. The number of halogens is 3. The number of alkyl halides is 3. The number of hydrogen-bond donors (Lipinski definition) is 1. The minimum atomic E-state index is -4.80. The number of ketones is 1. The highest BCUT2D eigenvalue weighted by Gasteiger charge is 2.38. The number of carbonyl (C=O) groups is 2. The van der Waals surface area contributed by atoms with Crippen LogP contribution in [0.1, 0.15) is 89.5 Å². The Morgan fingerprint density at radius 2 is 1.54 bits per heavy atom. The number of benzene rings is 1. The van der Waals surface area contributed by atoms with Crippen molar-refractivity contribution >= 4 is 11.8 Å². The molecule has 0 aliphatic carbocycles. The van der Waals surface area contributed by atoms with E-state index in [2.05, 4.69) is 6.92 Å². The molecule has 0 saturated carbocycles. The van der Waals surface area contributed by atoms with Crippen LogP contribution < -0.4 is 4.74 Å². The summed E-state index contributed by atoms with van der Waals surface area (Å²) in [7, 11) is 0. The van der Waals surface area contributed by atoms with Gasteiger partial charge in [-0.15, -0.1) is 0 Å². The Bertz CT molecular complexity index is 767. The molecular weight excluding hydrogens is 459 g/mol. The van der Waals surface area contributed by atoms with Crippen molar-refractivity contribution in [1.82, 2.24) is 4.90 Å². The Labute approximate surface area is 207 Å². The number of hydrogen-bond acceptors (Lipinski definition) is 4. The van der Waals surface area contributed by atoms with Crippen molar-refractivity contribution in [2.24, 2.45) is 0 Å². The lowest BCUT2D eigenvalue weighted by Gasteiger charge is -2.20. The average Bonchev–Trinajstić information content (AvgIpc) is 3.21. The first kappa shape index (κ1) is 29.1. The van der Waals surface area contributed by atoms with E-state index in [0.29, 0.717) is 24.3 Å². The van der Waals surface area contributed by atoms with Crippen molar-refractivity contribution in [3.63, 3.8) is 0 Å². The van der Waals surface area contributed by atoms with Gasteiger partial charge in [-0.3, -0.25) is 14.5 Å². The number of nitrogens with zero attached hydrogens (tertiary/aromatic N) is 1. The Balaban J connectivity index is 1.70. The van der Waals surface area contributed by atoms with Crippen LogP contribution in [0.3, 0.4) is 0 Å². The van der Waals surface area contributed by atoms with Crippen molar-refractivity contribution in [3.05, 3.63) is 29.8 Å². The molecule has 2 rings (SSSR count). The lowest BCUT2D eigenvalue weighted by molar-refractivity contribution is -0.171. The smallest absolute Gasteiger partial charge is 0.449 e. The van der Waals surface area contributed by atoms with Crippen molar-refractivity contribution < 1.29 is 32.6 Å². The van der Waals surface area contributed by atoms with Gasteiger partial charge in [0.25, 0.3) is 0 Å². The minimum Gasteiger partial charge on any atom is -0.489 e. The van der Waals surface area contributed by atoms with Crippen LogP contribution in [0.5, 0.6) is 5.75 Å². The molecule has 0 radical (unpaired) electrons. The second-order valence-electron chi connectivity index (χ2n) is 9.57. The summed E-state index contributed by atoms with van der Waals surface area (Å²) in [6.45, 7) is 3.50. The number of ether oxygens (including phenoxy) is 1. The number of aliphatic carboxylic acids is 1. The fourth-order valence-electron chi connectivity index (χ4n) is 4.58. The second kappa shape index (κ2) is 15.1. The zero-order valence-electron chi connectivity index (χ0n) is 20.8. The summed E-state index contributed by atoms with van der Waals surface area (Å²) in [5, 5.41) is 9.62. The lowest BCUT2D eigenvalue weighted by atomic mass is 10.1. The van der Waals surface area contributed by atoms with Gasteiger partial charge in [-0.2, -0.15) is 13.2 Å². The van der Waals surface area contributed by atoms with Gasteiger partial charge in [-0.25, -0.2) is 0 Å². The number of unbranched alkanes of at least 4 members (excludes halogenated alkanes) is 9. The predicted molar refractivity (Wildman–Crippen MR) is 130 cm³/mol. The average molecular weight is 500 g/mol. The fraction of sp³-hybridized carbons (Fsp3) is 0.704. The molecule has 0 spiro atoms. The first-order chi connectivity index (χ1) is 16.7. The van der Waals surface area contributed by atoms with Gasteiger partial charge in [0.2, 0.25) is 5.78 Å². The van der Waals surface area contributed by atoms with E-state index < -0.39 is 30.4 Å². The summed E-state index contributed by atoms with van der Waals surface area (Å²) in [6, 6.07) is 6.04. The molecule has 0 amide bonds. The maximum atomic E-state index is 12.3. The second-order valence-corrected chi connectivity index (χ2v) is 9.57. The number of rotatable bonds is 17. The molecule has 8 heteroatoms. The molecule has 1 fully saturated rings. The number of likely N-dealkylation sites (tertiary alicyclic amines) is 1. The minimum absolute atomic E-state index is 0.00970. The molecule has 1 aromatic carbocycles. The molecular formula is C27H40F3NO4. The van der Waals surface area contributed by atoms with Crippen molar-refractivity contribution in [2.75, 3.05) is 13.1 Å². The Morgan fingerprint density at radius 3 is 2.09 bits per heavy atom. The highest BCUT2D eigenvalue weighted by Crippen LogP contribution is 2.25. The quantitative estimate of drug-likeness (QED) is 0.245. The van der Waals surface area contributed by atoms with Gasteiger partial charge in [0.05, 0.1) is 0 Å². The monoisotopic (exact) mass is 499 g/mol. The predicted octanol–water partition coefficient (Wildman–Crippen LogP) is 6.58. The molecule has 0 unspecified atom stereocenters. The van der Waals surface area contributed by atoms with Crippen LogP contribution in [0.25, 0.3) is 0 Å². The van der Waals surface area contributed by atoms with E-state index in [1.807, 2.05) is 4.90 Å². The van der Waals surface area contributed by atoms with Crippen LogP contribution in [0.4, 0.5) is 13.2 Å². The van der Waals surface area contributed by atoms with Crippen LogP contribution >= 0.6 is 0 Å². The Morgan fingerprint density at radius 1 is 0.971 bits per heavy atom. The molecule has 0 bridgehead atoms. The molecule has 1 aliphatic heterocycles. The van der Waals surface area contributed by atoms with Gasteiger partial charge in [0, 0.05) is 19.4 Å². The van der Waals surface area contributed by atoms with E-state index in [1.165, 1.54) is 51.4 Å². The van der Waals surface area contributed by atoms with Gasteiger partial charge in [-0.1, -0.05) is 76.8 Å². The lowest BCUT2D eigenvalue weighted by Crippen LogP contribution is -2.36. The van der Waals surface area contributed by atoms with Crippen LogP contribution in [-0.4, -0.2) is 53.2 Å². The van der Waals surface area contributed by atoms with Gasteiger partial charge in [0.1, 0.15) is 17.9 Å². The summed E-state index contributed by atoms with van der Waals surface area (Å²) in [6.07, 6.45) is 7.08. The molecule has 2 atom stereocenters. The zero-order chi connectivity index (χ0) is 25.7. The van der Waals surface area contributed by atoms with E-state index in [-0.39, 0.29) is 12.5 Å². The summed E-state index contributed by atoms with van der Waals surface area (Å²) in [5.41, 5.74) is 0.618. The summed E-state index contributed by atoms with van der Waals surface area (Å²) in [4.78, 5) is 24.7. The Hall–Kier alpha value is -2.09. The normalized spacial score (nSPS) is 18.6. The van der Waals surface area contributed by atoms with Crippen LogP contribution in [-0.2, 0) is 16.0 Å². The molecule has 1 N–H and O–H groups in total. The number of carboxylic acids is 1. The molecule has 1 saturated heterocycles. The van der Waals surface area contributed by atoms with Crippen molar-refractivity contribution in [3.8, 4) is 5.75 Å². The van der Waals surface area contributed by atoms with Crippen molar-refractivity contribution in [1.29, 1.82) is 0 Å². The topological polar surface area (TPSA) is 66.8 Å². The third-order valence-electron chi connectivity index (χ3n) is 6.63. The third-order valence-corrected chi connectivity index (χ3v) is 6.63. The number of Topliss-reactive ketones (excluding diaryl/α,β-unsaturated/α-hetero) is 1. The van der Waals surface area contributed by atoms with Crippen molar-refractivity contribution in [2.45, 2.75) is 109 Å².